The van der Waals surface area contributed by atoms with Gasteiger partial charge in [0.1, 0.15) is 0 Å². The van der Waals surface area contributed by atoms with Crippen LogP contribution in [-0.4, -0.2) is 23.7 Å². The van der Waals surface area contributed by atoms with E-state index in [0.29, 0.717) is 17.0 Å². The Morgan fingerprint density at radius 3 is 2.62 bits per heavy atom. The van der Waals surface area contributed by atoms with E-state index in [1.807, 2.05) is 0 Å². The number of benzene rings is 1. The van der Waals surface area contributed by atoms with E-state index in [1.165, 1.54) is 0 Å². The highest BCUT2D eigenvalue weighted by atomic mass is 35.5. The Balaban J connectivity index is 0.00000225. The molecule has 1 aromatic carbocycles. The summed E-state index contributed by atoms with van der Waals surface area (Å²) in [6.45, 7) is -0.148. The van der Waals surface area contributed by atoms with Crippen LogP contribution in [0.1, 0.15) is 15.9 Å². The van der Waals surface area contributed by atoms with Crippen molar-refractivity contribution in [2.24, 2.45) is 11.5 Å². The van der Waals surface area contributed by atoms with E-state index in [1.54, 1.807) is 18.2 Å². The van der Waals surface area contributed by atoms with Gasteiger partial charge in [-0.25, -0.2) is 0 Å². The second kappa shape index (κ2) is 6.70. The lowest BCUT2D eigenvalue weighted by Crippen LogP contribution is -2.28. The van der Waals surface area contributed by atoms with Crippen molar-refractivity contribution in [2.75, 3.05) is 6.61 Å². The third-order valence-electron chi connectivity index (χ3n) is 2.06. The first-order valence-corrected chi connectivity index (χ1v) is 4.87. The molecule has 1 amide bonds. The van der Waals surface area contributed by atoms with E-state index in [9.17, 15) is 4.79 Å². The normalized spacial score (nSPS) is 11.7. The van der Waals surface area contributed by atoms with Gasteiger partial charge in [0, 0.05) is 6.04 Å². The second-order valence-electron chi connectivity index (χ2n) is 3.28. The van der Waals surface area contributed by atoms with Gasteiger partial charge < -0.3 is 16.6 Å². The summed E-state index contributed by atoms with van der Waals surface area (Å²) in [5, 5.41) is 9.13. The number of hydrogen-bond acceptors (Lipinski definition) is 3. The number of primary amides is 1. The van der Waals surface area contributed by atoms with E-state index in [2.05, 4.69) is 0 Å². The van der Waals surface area contributed by atoms with E-state index < -0.39 is 11.9 Å². The molecule has 1 aromatic rings. The van der Waals surface area contributed by atoms with Gasteiger partial charge in [-0.15, -0.1) is 12.4 Å². The van der Waals surface area contributed by atoms with Crippen molar-refractivity contribution >= 4 is 29.9 Å². The highest BCUT2D eigenvalue weighted by molar-refractivity contribution is 6.34. The van der Waals surface area contributed by atoms with Gasteiger partial charge in [0.05, 0.1) is 17.2 Å². The van der Waals surface area contributed by atoms with Crippen LogP contribution >= 0.6 is 24.0 Å². The largest absolute Gasteiger partial charge is 0.395 e. The molecule has 0 aliphatic carbocycles. The standard InChI is InChI=1S/C10H13ClN2O2.ClH/c11-8-3-1-2-6(4-7(12)5-14)9(8)10(13)15;/h1-3,7,14H,4-5,12H2,(H2,13,15);1H/t7-;/m0./s1. The zero-order valence-corrected chi connectivity index (χ0v) is 10.1. The molecular weight excluding hydrogens is 251 g/mol. The topological polar surface area (TPSA) is 89.3 Å². The van der Waals surface area contributed by atoms with Gasteiger partial charge in [-0.1, -0.05) is 23.7 Å². The summed E-state index contributed by atoms with van der Waals surface area (Å²) in [5.74, 6) is -0.583. The second-order valence-corrected chi connectivity index (χ2v) is 3.69. The lowest BCUT2D eigenvalue weighted by Gasteiger charge is -2.11. The average Bonchev–Trinajstić information content (AvgIpc) is 2.17. The molecule has 0 saturated carbocycles. The van der Waals surface area contributed by atoms with Crippen molar-refractivity contribution in [2.45, 2.75) is 12.5 Å². The lowest BCUT2D eigenvalue weighted by molar-refractivity contribution is 0.0999. The molecule has 1 atom stereocenters. The molecule has 0 heterocycles. The number of halogens is 2. The molecular formula is C10H14Cl2N2O2. The quantitative estimate of drug-likeness (QED) is 0.749. The van der Waals surface area contributed by atoms with Crippen LogP contribution in [0.3, 0.4) is 0 Å². The van der Waals surface area contributed by atoms with Crippen LogP contribution in [0, 0.1) is 0 Å². The monoisotopic (exact) mass is 264 g/mol. The van der Waals surface area contributed by atoms with E-state index in [0.717, 1.165) is 0 Å². The molecule has 0 aliphatic heterocycles. The molecule has 0 radical (unpaired) electrons. The summed E-state index contributed by atoms with van der Waals surface area (Å²) in [6.07, 6.45) is 0.370. The fourth-order valence-corrected chi connectivity index (χ4v) is 1.65. The number of carbonyl (C=O) groups is 1. The lowest BCUT2D eigenvalue weighted by atomic mass is 10.0. The van der Waals surface area contributed by atoms with Gasteiger partial charge in [-0.3, -0.25) is 4.79 Å². The Morgan fingerprint density at radius 1 is 1.50 bits per heavy atom. The average molecular weight is 265 g/mol. The fraction of sp³-hybridized carbons (Fsp3) is 0.300. The number of hydrogen-bond donors (Lipinski definition) is 3. The molecule has 4 nitrogen and oxygen atoms in total. The van der Waals surface area contributed by atoms with Crippen LogP contribution in [0.25, 0.3) is 0 Å². The number of aliphatic hydroxyl groups excluding tert-OH is 1. The number of carbonyl (C=O) groups excluding carboxylic acids is 1. The molecule has 0 unspecified atom stereocenters. The van der Waals surface area contributed by atoms with Crippen LogP contribution in [0.4, 0.5) is 0 Å². The van der Waals surface area contributed by atoms with Gasteiger partial charge >= 0.3 is 0 Å². The third-order valence-corrected chi connectivity index (χ3v) is 2.38. The maximum absolute atomic E-state index is 11.1. The van der Waals surface area contributed by atoms with Crippen molar-refractivity contribution < 1.29 is 9.90 Å². The molecule has 0 aliphatic rings. The first-order valence-electron chi connectivity index (χ1n) is 4.50. The summed E-state index contributed by atoms with van der Waals surface area (Å²) >= 11 is 5.85. The minimum atomic E-state index is -0.583. The number of nitrogens with two attached hydrogens (primary N) is 2. The van der Waals surface area contributed by atoms with Gasteiger partial charge in [0.25, 0.3) is 0 Å². The molecule has 16 heavy (non-hydrogen) atoms. The molecule has 5 N–H and O–H groups in total. The van der Waals surface area contributed by atoms with Crippen LogP contribution < -0.4 is 11.5 Å². The first kappa shape index (κ1) is 15.2. The molecule has 0 bridgehead atoms. The predicted molar refractivity (Wildman–Crippen MR) is 66.0 cm³/mol. The first-order chi connectivity index (χ1) is 7.06. The van der Waals surface area contributed by atoms with Crippen molar-refractivity contribution in [1.29, 1.82) is 0 Å². The van der Waals surface area contributed by atoms with Gasteiger partial charge in [-0.2, -0.15) is 0 Å². The summed E-state index contributed by atoms with van der Waals surface area (Å²) in [4.78, 5) is 11.1. The number of rotatable bonds is 4. The Labute approximate surface area is 105 Å². The van der Waals surface area contributed by atoms with Gasteiger partial charge in [0.2, 0.25) is 5.91 Å². The van der Waals surface area contributed by atoms with E-state index in [-0.39, 0.29) is 24.6 Å². The zero-order valence-electron chi connectivity index (χ0n) is 8.52. The van der Waals surface area contributed by atoms with Gasteiger partial charge in [0.15, 0.2) is 0 Å². The third kappa shape index (κ3) is 3.64. The van der Waals surface area contributed by atoms with Crippen molar-refractivity contribution in [1.82, 2.24) is 0 Å². The number of aliphatic hydroxyl groups is 1. The molecule has 0 aromatic heterocycles. The van der Waals surface area contributed by atoms with Crippen molar-refractivity contribution in [3.05, 3.63) is 34.3 Å². The highest BCUT2D eigenvalue weighted by Gasteiger charge is 2.14. The van der Waals surface area contributed by atoms with E-state index >= 15 is 0 Å². The SMILES string of the molecule is Cl.NC(=O)c1c(Cl)cccc1C[C@H](N)CO. The predicted octanol–water partition coefficient (Wildman–Crippen LogP) is 0.723. The van der Waals surface area contributed by atoms with Crippen LogP contribution in [0.15, 0.2) is 18.2 Å². The Hall–Kier alpha value is -0.810. The summed E-state index contributed by atoms with van der Waals surface area (Å²) in [7, 11) is 0. The molecule has 90 valence electrons. The Bertz CT molecular complexity index is 372. The molecule has 0 fully saturated rings. The highest BCUT2D eigenvalue weighted by Crippen LogP contribution is 2.20. The van der Waals surface area contributed by atoms with Crippen LogP contribution in [-0.2, 0) is 6.42 Å². The smallest absolute Gasteiger partial charge is 0.250 e. The summed E-state index contributed by atoms with van der Waals surface area (Å²) in [5.41, 5.74) is 11.7. The summed E-state index contributed by atoms with van der Waals surface area (Å²) < 4.78 is 0. The maximum Gasteiger partial charge on any atom is 0.250 e. The van der Waals surface area contributed by atoms with E-state index in [4.69, 9.17) is 28.2 Å². The van der Waals surface area contributed by atoms with Crippen molar-refractivity contribution in [3.63, 3.8) is 0 Å². The minimum Gasteiger partial charge on any atom is -0.395 e. The molecule has 0 saturated heterocycles. The minimum absolute atomic E-state index is 0. The van der Waals surface area contributed by atoms with Crippen LogP contribution in [0.2, 0.25) is 5.02 Å². The Morgan fingerprint density at radius 2 is 2.12 bits per heavy atom. The van der Waals surface area contributed by atoms with Crippen LogP contribution in [0.5, 0.6) is 0 Å². The summed E-state index contributed by atoms with van der Waals surface area (Å²) in [6, 6.07) is 4.62. The van der Waals surface area contributed by atoms with Crippen molar-refractivity contribution in [3.8, 4) is 0 Å². The Kier molecular flexibility index (Phi) is 6.36. The fourth-order valence-electron chi connectivity index (χ4n) is 1.36. The molecule has 1 rings (SSSR count). The van der Waals surface area contributed by atoms with Gasteiger partial charge in [-0.05, 0) is 18.1 Å². The number of amides is 1. The molecule has 6 heteroatoms. The zero-order chi connectivity index (χ0) is 11.4. The molecule has 0 spiro atoms. The maximum atomic E-state index is 11.1.